The third-order valence-corrected chi connectivity index (χ3v) is 1.52. The Bertz CT molecular complexity index is 124. The summed E-state index contributed by atoms with van der Waals surface area (Å²) in [4.78, 5) is 5.22. The summed E-state index contributed by atoms with van der Waals surface area (Å²) < 4.78 is 0. The molecule has 3 heteroatoms. The van der Waals surface area contributed by atoms with Crippen LogP contribution in [0.1, 0.15) is 19.3 Å². The summed E-state index contributed by atoms with van der Waals surface area (Å²) >= 11 is 0. The minimum atomic E-state index is 0.639. The molecule has 0 aromatic carbocycles. The van der Waals surface area contributed by atoms with Crippen LogP contribution in [0.3, 0.4) is 0 Å². The highest BCUT2D eigenvalue weighted by molar-refractivity contribution is 4.69. The van der Waals surface area contributed by atoms with Crippen LogP contribution in [0, 0.1) is 11.3 Å². The molecule has 0 spiro atoms. The minimum Gasteiger partial charge on any atom is -0.299 e. The van der Waals surface area contributed by atoms with E-state index in [4.69, 9.17) is 10.1 Å². The van der Waals surface area contributed by atoms with E-state index in [0.717, 1.165) is 32.5 Å². The van der Waals surface area contributed by atoms with Crippen molar-refractivity contribution in [3.63, 3.8) is 0 Å². The molecule has 10 heavy (non-hydrogen) atoms. The molecule has 0 amide bonds. The highest BCUT2D eigenvalue weighted by Gasteiger charge is 2.10. The van der Waals surface area contributed by atoms with Crippen molar-refractivity contribution < 1.29 is 4.84 Å². The van der Waals surface area contributed by atoms with Gasteiger partial charge in [0, 0.05) is 19.5 Å². The highest BCUT2D eigenvalue weighted by atomic mass is 16.7. The van der Waals surface area contributed by atoms with Gasteiger partial charge >= 0.3 is 0 Å². The van der Waals surface area contributed by atoms with Gasteiger partial charge in [-0.05, 0) is 12.8 Å². The fraction of sp³-hybridized carbons (Fsp3) is 0.857. The minimum absolute atomic E-state index is 0.639. The SMILES string of the molecule is N#CCCCN1CCCO1. The number of nitriles is 1. The fourth-order valence-corrected chi connectivity index (χ4v) is 1.01. The van der Waals surface area contributed by atoms with Crippen LogP contribution < -0.4 is 0 Å². The molecule has 0 N–H and O–H groups in total. The number of nitrogens with zero attached hydrogens (tertiary/aromatic N) is 2. The van der Waals surface area contributed by atoms with E-state index in [1.165, 1.54) is 0 Å². The number of hydrogen-bond donors (Lipinski definition) is 0. The van der Waals surface area contributed by atoms with E-state index in [1.807, 2.05) is 5.06 Å². The van der Waals surface area contributed by atoms with Gasteiger partial charge in [0.05, 0.1) is 12.7 Å². The van der Waals surface area contributed by atoms with Crippen molar-refractivity contribution in [2.24, 2.45) is 0 Å². The number of hydroxylamine groups is 2. The molecule has 1 aliphatic heterocycles. The van der Waals surface area contributed by atoms with Gasteiger partial charge in [-0.1, -0.05) is 0 Å². The molecule has 1 saturated heterocycles. The van der Waals surface area contributed by atoms with Gasteiger partial charge < -0.3 is 0 Å². The van der Waals surface area contributed by atoms with Crippen molar-refractivity contribution in [3.05, 3.63) is 0 Å². The first-order valence-electron chi connectivity index (χ1n) is 3.68. The molecule has 0 aromatic heterocycles. The molecule has 1 aliphatic rings. The van der Waals surface area contributed by atoms with E-state index in [1.54, 1.807) is 0 Å². The Morgan fingerprint density at radius 3 is 3.10 bits per heavy atom. The molecule has 0 bridgehead atoms. The zero-order valence-electron chi connectivity index (χ0n) is 6.05. The molecule has 1 rings (SSSR count). The zero-order valence-corrected chi connectivity index (χ0v) is 6.05. The maximum Gasteiger partial charge on any atom is 0.0698 e. The van der Waals surface area contributed by atoms with Crippen molar-refractivity contribution >= 4 is 0 Å². The second-order valence-corrected chi connectivity index (χ2v) is 2.38. The summed E-state index contributed by atoms with van der Waals surface area (Å²) in [6, 6.07) is 2.11. The lowest BCUT2D eigenvalue weighted by atomic mass is 10.3. The molecule has 0 unspecified atom stereocenters. The van der Waals surface area contributed by atoms with Crippen molar-refractivity contribution in [2.45, 2.75) is 19.3 Å². The van der Waals surface area contributed by atoms with Crippen LogP contribution in [-0.4, -0.2) is 24.8 Å². The van der Waals surface area contributed by atoms with Crippen LogP contribution in [0.2, 0.25) is 0 Å². The average molecular weight is 140 g/mol. The predicted octanol–water partition coefficient (Wildman–Crippen LogP) is 0.927. The van der Waals surface area contributed by atoms with Gasteiger partial charge in [0.15, 0.2) is 0 Å². The van der Waals surface area contributed by atoms with Crippen LogP contribution in [0.5, 0.6) is 0 Å². The maximum absolute atomic E-state index is 8.23. The number of hydrogen-bond acceptors (Lipinski definition) is 3. The van der Waals surface area contributed by atoms with Crippen molar-refractivity contribution in [1.29, 1.82) is 5.26 Å². The third kappa shape index (κ3) is 2.34. The Morgan fingerprint density at radius 1 is 1.60 bits per heavy atom. The van der Waals surface area contributed by atoms with Crippen LogP contribution >= 0.6 is 0 Å². The summed E-state index contributed by atoms with van der Waals surface area (Å²) in [7, 11) is 0. The first-order chi connectivity index (χ1) is 4.93. The Balaban J connectivity index is 1.97. The monoisotopic (exact) mass is 140 g/mol. The maximum atomic E-state index is 8.23. The van der Waals surface area contributed by atoms with Crippen molar-refractivity contribution in [3.8, 4) is 6.07 Å². The first-order valence-corrected chi connectivity index (χ1v) is 3.68. The molecule has 1 heterocycles. The number of rotatable bonds is 3. The quantitative estimate of drug-likeness (QED) is 0.547. The summed E-state index contributed by atoms with van der Waals surface area (Å²) in [5.41, 5.74) is 0. The summed E-state index contributed by atoms with van der Waals surface area (Å²) in [5, 5.41) is 10.2. The van der Waals surface area contributed by atoms with E-state index in [0.29, 0.717) is 6.42 Å². The van der Waals surface area contributed by atoms with Crippen LogP contribution in [0.4, 0.5) is 0 Å². The van der Waals surface area contributed by atoms with Gasteiger partial charge in [-0.25, -0.2) is 0 Å². The Labute approximate surface area is 61.1 Å². The lowest BCUT2D eigenvalue weighted by molar-refractivity contribution is -0.109. The average Bonchev–Trinajstić information content (AvgIpc) is 2.41. The molecular formula is C7H12N2O. The summed E-state index contributed by atoms with van der Waals surface area (Å²) in [6.45, 7) is 2.80. The largest absolute Gasteiger partial charge is 0.299 e. The van der Waals surface area contributed by atoms with Gasteiger partial charge in [-0.15, -0.1) is 0 Å². The van der Waals surface area contributed by atoms with Crippen LogP contribution in [0.15, 0.2) is 0 Å². The second kappa shape index (κ2) is 4.26. The van der Waals surface area contributed by atoms with Crippen molar-refractivity contribution in [2.75, 3.05) is 19.7 Å². The zero-order chi connectivity index (χ0) is 7.23. The third-order valence-electron chi connectivity index (χ3n) is 1.52. The normalized spacial score (nSPS) is 19.1. The van der Waals surface area contributed by atoms with E-state index in [9.17, 15) is 0 Å². The topological polar surface area (TPSA) is 36.3 Å². The van der Waals surface area contributed by atoms with Crippen LogP contribution in [-0.2, 0) is 4.84 Å². The Morgan fingerprint density at radius 2 is 2.50 bits per heavy atom. The molecular weight excluding hydrogens is 128 g/mol. The smallest absolute Gasteiger partial charge is 0.0698 e. The standard InChI is InChI=1S/C7H12N2O/c8-4-1-2-5-9-6-3-7-10-9/h1-3,5-7H2. The summed E-state index contributed by atoms with van der Waals surface area (Å²) in [6.07, 6.45) is 2.70. The first kappa shape index (κ1) is 7.52. The summed E-state index contributed by atoms with van der Waals surface area (Å²) in [5.74, 6) is 0. The van der Waals surface area contributed by atoms with Gasteiger partial charge in [-0.3, -0.25) is 4.84 Å². The van der Waals surface area contributed by atoms with E-state index >= 15 is 0 Å². The van der Waals surface area contributed by atoms with Gasteiger partial charge in [0.2, 0.25) is 0 Å². The lowest BCUT2D eigenvalue weighted by Crippen LogP contribution is -2.18. The molecule has 3 nitrogen and oxygen atoms in total. The highest BCUT2D eigenvalue weighted by Crippen LogP contribution is 2.04. The van der Waals surface area contributed by atoms with E-state index in [2.05, 4.69) is 6.07 Å². The van der Waals surface area contributed by atoms with E-state index < -0.39 is 0 Å². The molecule has 0 saturated carbocycles. The Hall–Kier alpha value is -0.590. The fourth-order valence-electron chi connectivity index (χ4n) is 1.01. The molecule has 0 aliphatic carbocycles. The predicted molar refractivity (Wildman–Crippen MR) is 37.0 cm³/mol. The molecule has 0 atom stereocenters. The van der Waals surface area contributed by atoms with Crippen molar-refractivity contribution in [1.82, 2.24) is 5.06 Å². The van der Waals surface area contributed by atoms with E-state index in [-0.39, 0.29) is 0 Å². The number of unbranched alkanes of at least 4 members (excludes halogenated alkanes) is 1. The molecule has 0 aromatic rings. The lowest BCUT2D eigenvalue weighted by Gasteiger charge is -2.10. The van der Waals surface area contributed by atoms with Gasteiger partial charge in [-0.2, -0.15) is 10.3 Å². The van der Waals surface area contributed by atoms with Crippen LogP contribution in [0.25, 0.3) is 0 Å². The molecule has 56 valence electrons. The second-order valence-electron chi connectivity index (χ2n) is 2.38. The van der Waals surface area contributed by atoms with Gasteiger partial charge in [0.25, 0.3) is 0 Å². The van der Waals surface area contributed by atoms with Gasteiger partial charge in [0.1, 0.15) is 0 Å². The molecule has 1 fully saturated rings. The molecule has 0 radical (unpaired) electrons. The Kier molecular flexibility index (Phi) is 3.20.